The molecule has 2 aromatic rings. The van der Waals surface area contributed by atoms with Crippen LogP contribution in [-0.4, -0.2) is 48.1 Å². The predicted molar refractivity (Wildman–Crippen MR) is 157 cm³/mol. The third-order valence-corrected chi connectivity index (χ3v) is 8.76. The fourth-order valence-corrected chi connectivity index (χ4v) is 6.15. The Morgan fingerprint density at radius 3 is 2.37 bits per heavy atom. The molecule has 2 unspecified atom stereocenters. The van der Waals surface area contributed by atoms with Gasteiger partial charge in [0, 0.05) is 17.2 Å². The van der Waals surface area contributed by atoms with Gasteiger partial charge >= 0.3 is 6.18 Å². The zero-order valence-electron chi connectivity index (χ0n) is 22.9. The molecule has 38 heavy (non-hydrogen) atoms. The van der Waals surface area contributed by atoms with Gasteiger partial charge in [0.25, 0.3) is 0 Å². The Labute approximate surface area is 234 Å². The van der Waals surface area contributed by atoms with Crippen LogP contribution in [0, 0.1) is 5.41 Å². The van der Waals surface area contributed by atoms with Gasteiger partial charge < -0.3 is 4.90 Å². The van der Waals surface area contributed by atoms with Gasteiger partial charge in [-0.1, -0.05) is 38.1 Å². The monoisotopic (exact) mass is 564 g/mol. The van der Waals surface area contributed by atoms with Crippen LogP contribution in [0.5, 0.6) is 0 Å². The minimum absolute atomic E-state index is 0.264. The van der Waals surface area contributed by atoms with E-state index in [1.165, 1.54) is 12.1 Å². The number of thioether (sulfide) groups is 1. The maximum absolute atomic E-state index is 12.8. The summed E-state index contributed by atoms with van der Waals surface area (Å²) >= 11 is 3.31. The van der Waals surface area contributed by atoms with Crippen molar-refractivity contribution in [3.63, 3.8) is 0 Å². The van der Waals surface area contributed by atoms with Gasteiger partial charge in [0.1, 0.15) is 0 Å². The Kier molecular flexibility index (Phi) is 11.3. The molecule has 2 aliphatic rings. The summed E-state index contributed by atoms with van der Waals surface area (Å²) in [5, 5.41) is 9.75. The third-order valence-electron chi connectivity index (χ3n) is 7.06. The van der Waals surface area contributed by atoms with E-state index in [9.17, 15) is 13.2 Å². The summed E-state index contributed by atoms with van der Waals surface area (Å²) in [6.45, 7) is 11.1. The van der Waals surface area contributed by atoms with Crippen LogP contribution in [-0.2, 0) is 6.18 Å². The SMILES string of the molecule is CC.CNSc1ccc(/C(C)=N/N=C(\C)SCCCN2CCC3(CC3c3ccc(C(F)(F)F)cc3)C2)cc1. The number of benzene rings is 2. The summed E-state index contributed by atoms with van der Waals surface area (Å²) in [5.74, 6) is 1.39. The lowest BCUT2D eigenvalue weighted by Crippen LogP contribution is -2.23. The molecule has 0 bridgehead atoms. The Morgan fingerprint density at radius 1 is 1.05 bits per heavy atom. The normalized spacial score (nSPS) is 21.9. The molecule has 0 amide bonds. The maximum atomic E-state index is 12.8. The minimum atomic E-state index is -4.27. The number of nitrogens with zero attached hydrogens (tertiary/aromatic N) is 3. The van der Waals surface area contributed by atoms with Crippen molar-refractivity contribution in [3.8, 4) is 0 Å². The summed E-state index contributed by atoms with van der Waals surface area (Å²) in [5.41, 5.74) is 2.71. The predicted octanol–water partition coefficient (Wildman–Crippen LogP) is 8.10. The van der Waals surface area contributed by atoms with Crippen molar-refractivity contribution >= 4 is 34.5 Å². The number of likely N-dealkylation sites (tertiary alicyclic amines) is 1. The van der Waals surface area contributed by atoms with E-state index >= 15 is 0 Å². The van der Waals surface area contributed by atoms with Crippen LogP contribution in [0.4, 0.5) is 13.2 Å². The molecular weight excluding hydrogens is 525 g/mol. The van der Waals surface area contributed by atoms with Crippen molar-refractivity contribution in [3.05, 3.63) is 65.2 Å². The van der Waals surface area contributed by atoms with Crippen molar-refractivity contribution < 1.29 is 13.2 Å². The Bertz CT molecular complexity index is 1080. The molecule has 0 radical (unpaired) electrons. The molecule has 1 spiro atoms. The van der Waals surface area contributed by atoms with E-state index in [-0.39, 0.29) is 5.41 Å². The van der Waals surface area contributed by atoms with E-state index in [4.69, 9.17) is 0 Å². The lowest BCUT2D eigenvalue weighted by atomic mass is 9.97. The zero-order valence-corrected chi connectivity index (χ0v) is 24.6. The Hall–Kier alpha value is -1.81. The Morgan fingerprint density at radius 2 is 1.74 bits per heavy atom. The van der Waals surface area contributed by atoms with Gasteiger partial charge in [-0.25, -0.2) is 0 Å². The molecule has 2 atom stereocenters. The molecule has 1 heterocycles. The third kappa shape index (κ3) is 8.34. The van der Waals surface area contributed by atoms with Crippen LogP contribution in [0.2, 0.25) is 0 Å². The largest absolute Gasteiger partial charge is 0.416 e. The maximum Gasteiger partial charge on any atom is 0.416 e. The minimum Gasteiger partial charge on any atom is -0.303 e. The molecule has 1 N–H and O–H groups in total. The highest BCUT2D eigenvalue weighted by molar-refractivity contribution is 8.13. The zero-order chi connectivity index (χ0) is 27.8. The van der Waals surface area contributed by atoms with E-state index in [0.29, 0.717) is 5.92 Å². The smallest absolute Gasteiger partial charge is 0.303 e. The van der Waals surface area contributed by atoms with Crippen LogP contribution in [0.15, 0.2) is 63.6 Å². The van der Waals surface area contributed by atoms with Crippen LogP contribution >= 0.6 is 23.7 Å². The van der Waals surface area contributed by atoms with Gasteiger partial charge in [-0.15, -0.1) is 16.9 Å². The van der Waals surface area contributed by atoms with E-state index in [1.54, 1.807) is 35.8 Å². The quantitative estimate of drug-likeness (QED) is 0.110. The van der Waals surface area contributed by atoms with Crippen molar-refractivity contribution in [2.75, 3.05) is 32.4 Å². The first-order valence-electron chi connectivity index (χ1n) is 13.3. The first-order chi connectivity index (χ1) is 18.2. The van der Waals surface area contributed by atoms with Crippen LogP contribution in [0.25, 0.3) is 0 Å². The highest BCUT2D eigenvalue weighted by atomic mass is 32.2. The average molecular weight is 565 g/mol. The van der Waals surface area contributed by atoms with Gasteiger partial charge in [-0.3, -0.25) is 4.72 Å². The second-order valence-electron chi connectivity index (χ2n) is 9.60. The van der Waals surface area contributed by atoms with Gasteiger partial charge in [0.05, 0.1) is 16.3 Å². The summed E-state index contributed by atoms with van der Waals surface area (Å²) < 4.78 is 41.6. The summed E-state index contributed by atoms with van der Waals surface area (Å²) in [7, 11) is 1.90. The number of nitrogens with one attached hydrogen (secondary N) is 1. The number of hydrogen-bond donors (Lipinski definition) is 1. The van der Waals surface area contributed by atoms with Crippen molar-refractivity contribution in [2.24, 2.45) is 15.6 Å². The molecule has 9 heteroatoms. The van der Waals surface area contributed by atoms with Crippen LogP contribution < -0.4 is 4.72 Å². The van der Waals surface area contributed by atoms with Crippen molar-refractivity contribution in [1.29, 1.82) is 0 Å². The topological polar surface area (TPSA) is 40.0 Å². The molecule has 1 saturated heterocycles. The molecule has 1 aliphatic carbocycles. The molecule has 1 aliphatic heterocycles. The average Bonchev–Trinajstić information content (AvgIpc) is 3.47. The highest BCUT2D eigenvalue weighted by Gasteiger charge is 2.57. The van der Waals surface area contributed by atoms with Crippen molar-refractivity contribution in [2.45, 2.75) is 63.9 Å². The van der Waals surface area contributed by atoms with Crippen LogP contribution in [0.3, 0.4) is 0 Å². The van der Waals surface area contributed by atoms with Gasteiger partial charge in [0.15, 0.2) is 0 Å². The second kappa shape index (κ2) is 14.0. The van der Waals surface area contributed by atoms with Gasteiger partial charge in [-0.05, 0) is 112 Å². The van der Waals surface area contributed by atoms with E-state index in [1.807, 2.05) is 34.7 Å². The summed E-state index contributed by atoms with van der Waals surface area (Å²) in [4.78, 5) is 3.67. The molecular formula is C29H39F3N4S2. The van der Waals surface area contributed by atoms with Crippen molar-refractivity contribution in [1.82, 2.24) is 9.62 Å². The second-order valence-corrected chi connectivity index (χ2v) is 12.0. The standard InChI is InChI=1S/C27H33F3N4S2.C2H6/c1-19(21-7-11-24(12-8-21)36-31-3)32-33-20(2)35-16-4-14-34-15-13-26(18-34)17-25(26)22-5-9-23(10-6-22)27(28,29)30;1-2/h5-12,25,31H,4,13-18H2,1-3H3;1-2H3/b32-19+,33-20+;. The molecule has 4 rings (SSSR count). The molecule has 4 nitrogen and oxygen atoms in total. The van der Waals surface area contributed by atoms with Gasteiger partial charge in [-0.2, -0.15) is 18.3 Å². The fourth-order valence-electron chi connectivity index (χ4n) is 4.97. The lowest BCUT2D eigenvalue weighted by molar-refractivity contribution is -0.137. The number of alkyl halides is 3. The first-order valence-corrected chi connectivity index (χ1v) is 15.1. The van der Waals surface area contributed by atoms with E-state index in [2.05, 4.69) is 44.1 Å². The molecule has 0 aromatic heterocycles. The van der Waals surface area contributed by atoms with E-state index in [0.717, 1.165) is 71.4 Å². The summed E-state index contributed by atoms with van der Waals surface area (Å²) in [6.07, 6.45) is -0.974. The molecule has 2 fully saturated rings. The Balaban J connectivity index is 0.00000195. The summed E-state index contributed by atoms with van der Waals surface area (Å²) in [6, 6.07) is 14.0. The highest BCUT2D eigenvalue weighted by Crippen LogP contribution is 2.64. The van der Waals surface area contributed by atoms with E-state index < -0.39 is 11.7 Å². The molecule has 208 valence electrons. The van der Waals surface area contributed by atoms with Crippen LogP contribution in [0.1, 0.15) is 69.6 Å². The number of hydrogen-bond acceptors (Lipinski definition) is 6. The number of rotatable bonds is 9. The lowest BCUT2D eigenvalue weighted by Gasteiger charge is -2.16. The number of halogens is 3. The molecule has 1 saturated carbocycles. The van der Waals surface area contributed by atoms with Gasteiger partial charge in [0.2, 0.25) is 0 Å². The molecule has 2 aromatic carbocycles. The fraction of sp³-hybridized carbons (Fsp3) is 0.517. The first kappa shape index (κ1) is 30.7.